The zero-order valence-electron chi connectivity index (χ0n) is 8.85. The van der Waals surface area contributed by atoms with Crippen molar-refractivity contribution in [1.82, 2.24) is 4.72 Å². The van der Waals surface area contributed by atoms with Crippen molar-refractivity contribution >= 4 is 10.0 Å². The molecular formula is C10H19NO3S. The van der Waals surface area contributed by atoms with Crippen LogP contribution >= 0.6 is 0 Å². The zero-order chi connectivity index (χ0) is 10.9. The van der Waals surface area contributed by atoms with Gasteiger partial charge in [0.25, 0.3) is 0 Å². The molecule has 2 aliphatic carbocycles. The van der Waals surface area contributed by atoms with E-state index in [0.29, 0.717) is 18.4 Å². The van der Waals surface area contributed by atoms with Crippen molar-refractivity contribution in [2.24, 2.45) is 11.8 Å². The zero-order valence-corrected chi connectivity index (χ0v) is 9.67. The van der Waals surface area contributed by atoms with Gasteiger partial charge in [0.2, 0.25) is 10.0 Å². The van der Waals surface area contributed by atoms with Crippen LogP contribution in [0.1, 0.15) is 32.1 Å². The second-order valence-corrected chi connectivity index (χ2v) is 6.77. The Bertz CT molecular complexity index is 311. The first-order valence-electron chi connectivity index (χ1n) is 5.73. The Hall–Kier alpha value is -0.130. The normalized spacial score (nSPS) is 32.1. The van der Waals surface area contributed by atoms with Gasteiger partial charge >= 0.3 is 0 Å². The molecule has 0 radical (unpaired) electrons. The van der Waals surface area contributed by atoms with Crippen LogP contribution in [-0.2, 0) is 10.0 Å². The van der Waals surface area contributed by atoms with Gasteiger partial charge in [0.1, 0.15) is 0 Å². The third kappa shape index (κ3) is 2.71. The lowest BCUT2D eigenvalue weighted by molar-refractivity contribution is 0.195. The van der Waals surface area contributed by atoms with E-state index in [1.165, 1.54) is 0 Å². The standard InChI is InChI=1S/C10H19NO3S/c12-7-9-3-1-2-8(9)6-11-15(13,14)10-4-5-10/h8-12H,1-7H2. The van der Waals surface area contributed by atoms with Gasteiger partial charge in [-0.15, -0.1) is 0 Å². The molecule has 15 heavy (non-hydrogen) atoms. The number of sulfonamides is 1. The van der Waals surface area contributed by atoms with E-state index in [0.717, 1.165) is 32.1 Å². The van der Waals surface area contributed by atoms with Crippen LogP contribution in [0.2, 0.25) is 0 Å². The van der Waals surface area contributed by atoms with Gasteiger partial charge in [0.15, 0.2) is 0 Å². The Morgan fingerprint density at radius 3 is 2.40 bits per heavy atom. The van der Waals surface area contributed by atoms with Gasteiger partial charge in [-0.05, 0) is 37.5 Å². The molecule has 0 saturated heterocycles. The maximum atomic E-state index is 11.6. The summed E-state index contributed by atoms with van der Waals surface area (Å²) in [5, 5.41) is 8.98. The summed E-state index contributed by atoms with van der Waals surface area (Å²) in [7, 11) is -3.04. The van der Waals surface area contributed by atoms with Crippen LogP contribution in [0.5, 0.6) is 0 Å². The molecule has 0 heterocycles. The van der Waals surface area contributed by atoms with E-state index < -0.39 is 10.0 Å². The van der Waals surface area contributed by atoms with Crippen LogP contribution in [-0.4, -0.2) is 31.9 Å². The minimum Gasteiger partial charge on any atom is -0.396 e. The van der Waals surface area contributed by atoms with Crippen molar-refractivity contribution in [3.63, 3.8) is 0 Å². The summed E-state index contributed by atoms with van der Waals surface area (Å²) in [6, 6.07) is 0. The van der Waals surface area contributed by atoms with Crippen molar-refractivity contribution in [1.29, 1.82) is 0 Å². The minimum absolute atomic E-state index is 0.133. The van der Waals surface area contributed by atoms with Crippen LogP contribution in [0.25, 0.3) is 0 Å². The third-order valence-corrected chi connectivity index (χ3v) is 5.48. The Labute approximate surface area is 91.1 Å². The average Bonchev–Trinajstić information content (AvgIpc) is 2.96. The van der Waals surface area contributed by atoms with Gasteiger partial charge < -0.3 is 5.11 Å². The van der Waals surface area contributed by atoms with Crippen molar-refractivity contribution in [2.45, 2.75) is 37.4 Å². The smallest absolute Gasteiger partial charge is 0.214 e. The molecule has 0 aliphatic heterocycles. The summed E-state index contributed by atoms with van der Waals surface area (Å²) in [6.45, 7) is 0.708. The van der Waals surface area contributed by atoms with Gasteiger partial charge in [-0.25, -0.2) is 13.1 Å². The minimum atomic E-state index is -3.04. The highest BCUT2D eigenvalue weighted by Crippen LogP contribution is 2.32. The molecule has 0 amide bonds. The fourth-order valence-corrected chi connectivity index (χ4v) is 3.78. The molecule has 0 spiro atoms. The Morgan fingerprint density at radius 2 is 1.80 bits per heavy atom. The summed E-state index contributed by atoms with van der Waals surface area (Å²) in [4.78, 5) is 0. The molecule has 0 aromatic rings. The topological polar surface area (TPSA) is 66.4 Å². The maximum Gasteiger partial charge on any atom is 0.214 e. The SMILES string of the molecule is O=S(=O)(NCC1CCCC1CO)C1CC1. The number of rotatable bonds is 5. The molecule has 2 aliphatic rings. The quantitative estimate of drug-likeness (QED) is 0.725. The van der Waals surface area contributed by atoms with Crippen LogP contribution in [0.15, 0.2) is 0 Å². The highest BCUT2D eigenvalue weighted by Gasteiger charge is 2.36. The van der Waals surface area contributed by atoms with Gasteiger partial charge in [-0.1, -0.05) is 6.42 Å². The highest BCUT2D eigenvalue weighted by atomic mass is 32.2. The van der Waals surface area contributed by atoms with E-state index in [4.69, 9.17) is 5.11 Å². The number of hydrogen-bond acceptors (Lipinski definition) is 3. The molecule has 2 saturated carbocycles. The molecule has 5 heteroatoms. The molecule has 2 N–H and O–H groups in total. The molecular weight excluding hydrogens is 214 g/mol. The number of hydrogen-bond donors (Lipinski definition) is 2. The van der Waals surface area contributed by atoms with Crippen LogP contribution in [0.4, 0.5) is 0 Å². The first kappa shape index (κ1) is 11.4. The predicted octanol–water partition coefficient (Wildman–Crippen LogP) is 0.477. The molecule has 0 aromatic heterocycles. The summed E-state index contributed by atoms with van der Waals surface area (Å²) < 4.78 is 25.8. The van der Waals surface area contributed by atoms with Crippen LogP contribution in [0.3, 0.4) is 0 Å². The van der Waals surface area contributed by atoms with Crippen molar-refractivity contribution < 1.29 is 13.5 Å². The van der Waals surface area contributed by atoms with Crippen LogP contribution < -0.4 is 4.72 Å². The average molecular weight is 233 g/mol. The van der Waals surface area contributed by atoms with E-state index in [-0.39, 0.29) is 11.9 Å². The van der Waals surface area contributed by atoms with E-state index in [1.54, 1.807) is 0 Å². The molecule has 0 bridgehead atoms. The molecule has 2 fully saturated rings. The Morgan fingerprint density at radius 1 is 1.13 bits per heavy atom. The predicted molar refractivity (Wildman–Crippen MR) is 57.9 cm³/mol. The molecule has 4 nitrogen and oxygen atoms in total. The van der Waals surface area contributed by atoms with E-state index in [2.05, 4.69) is 4.72 Å². The van der Waals surface area contributed by atoms with Gasteiger partial charge in [0.05, 0.1) is 5.25 Å². The van der Waals surface area contributed by atoms with E-state index >= 15 is 0 Å². The van der Waals surface area contributed by atoms with E-state index in [9.17, 15) is 8.42 Å². The molecule has 0 aromatic carbocycles. The number of aliphatic hydroxyl groups excluding tert-OH is 1. The fourth-order valence-electron chi connectivity index (χ4n) is 2.34. The van der Waals surface area contributed by atoms with Crippen LogP contribution in [0, 0.1) is 11.8 Å². The number of aliphatic hydroxyl groups is 1. The van der Waals surface area contributed by atoms with Gasteiger partial charge in [-0.3, -0.25) is 0 Å². The monoisotopic (exact) mass is 233 g/mol. The Balaban J connectivity index is 1.82. The highest BCUT2D eigenvalue weighted by molar-refractivity contribution is 7.90. The molecule has 2 rings (SSSR count). The second-order valence-electron chi connectivity index (χ2n) is 4.73. The summed E-state index contributed by atoms with van der Waals surface area (Å²) in [6.07, 6.45) is 4.80. The lowest BCUT2D eigenvalue weighted by atomic mass is 9.97. The van der Waals surface area contributed by atoms with E-state index in [1.807, 2.05) is 0 Å². The first-order valence-corrected chi connectivity index (χ1v) is 7.27. The first-order chi connectivity index (χ1) is 7.13. The van der Waals surface area contributed by atoms with Gasteiger partial charge in [0, 0.05) is 13.2 Å². The molecule has 2 unspecified atom stereocenters. The second kappa shape index (κ2) is 4.39. The summed E-state index contributed by atoms with van der Waals surface area (Å²) >= 11 is 0. The lowest BCUT2D eigenvalue weighted by Crippen LogP contribution is -2.33. The lowest BCUT2D eigenvalue weighted by Gasteiger charge is -2.17. The third-order valence-electron chi connectivity index (χ3n) is 3.56. The van der Waals surface area contributed by atoms with Crippen molar-refractivity contribution in [3.05, 3.63) is 0 Å². The summed E-state index contributed by atoms with van der Waals surface area (Å²) in [5.74, 6) is 0.635. The molecule has 2 atom stereocenters. The Kier molecular flexibility index (Phi) is 3.33. The fraction of sp³-hybridized carbons (Fsp3) is 1.00. The van der Waals surface area contributed by atoms with Crippen molar-refractivity contribution in [2.75, 3.05) is 13.2 Å². The number of nitrogens with one attached hydrogen (secondary N) is 1. The molecule has 88 valence electrons. The van der Waals surface area contributed by atoms with Gasteiger partial charge in [-0.2, -0.15) is 0 Å². The van der Waals surface area contributed by atoms with Crippen molar-refractivity contribution in [3.8, 4) is 0 Å². The summed E-state index contributed by atoms with van der Waals surface area (Å²) in [5.41, 5.74) is 0. The maximum absolute atomic E-state index is 11.6. The largest absolute Gasteiger partial charge is 0.396 e.